The Morgan fingerprint density at radius 3 is 1.58 bits per heavy atom. The number of nitrogens with zero attached hydrogens (tertiary/aromatic N) is 4. The molecular formula is C39H28N6. The lowest BCUT2D eigenvalue weighted by Gasteiger charge is -2.15. The van der Waals surface area contributed by atoms with Gasteiger partial charge in [0.1, 0.15) is 5.69 Å². The first-order valence-corrected chi connectivity index (χ1v) is 14.7. The Hall–Kier alpha value is -6.27. The van der Waals surface area contributed by atoms with Crippen LogP contribution in [0.4, 0.5) is 11.4 Å². The van der Waals surface area contributed by atoms with Crippen molar-refractivity contribution in [2.45, 2.75) is 0 Å². The largest absolute Gasteiger partial charge is 0.355 e. The highest BCUT2D eigenvalue weighted by Gasteiger charge is 2.17. The smallest absolute Gasteiger partial charge is 0.182 e. The van der Waals surface area contributed by atoms with Crippen LogP contribution in [-0.2, 0) is 0 Å². The Morgan fingerprint density at radius 2 is 0.978 bits per heavy atom. The van der Waals surface area contributed by atoms with Crippen molar-refractivity contribution in [3.8, 4) is 45.4 Å². The van der Waals surface area contributed by atoms with E-state index >= 15 is 0 Å². The van der Waals surface area contributed by atoms with Crippen molar-refractivity contribution in [3.63, 3.8) is 0 Å². The molecule has 0 saturated carbocycles. The maximum absolute atomic E-state index is 9.39. The summed E-state index contributed by atoms with van der Waals surface area (Å²) in [5, 5.41) is 12.9. The van der Waals surface area contributed by atoms with Crippen molar-refractivity contribution in [1.29, 1.82) is 5.41 Å². The number of nitrogens with one attached hydrogen (secondary N) is 2. The van der Waals surface area contributed by atoms with E-state index in [1.54, 1.807) is 0 Å². The molecule has 5 aromatic carbocycles. The summed E-state index contributed by atoms with van der Waals surface area (Å²) >= 11 is 0. The van der Waals surface area contributed by atoms with E-state index in [4.69, 9.17) is 19.9 Å². The first-order valence-electron chi connectivity index (χ1n) is 14.7. The molecule has 6 heteroatoms. The minimum atomic E-state index is 0.286. The molecule has 0 radical (unpaired) electrons. The van der Waals surface area contributed by atoms with Gasteiger partial charge in [-0.3, -0.25) is 5.41 Å². The third-order valence-electron chi connectivity index (χ3n) is 7.38. The third kappa shape index (κ3) is 6.12. The van der Waals surface area contributed by atoms with Gasteiger partial charge in [-0.1, -0.05) is 121 Å². The second-order valence-electron chi connectivity index (χ2n) is 10.4. The molecule has 0 fully saturated rings. The second kappa shape index (κ2) is 12.5. The van der Waals surface area contributed by atoms with E-state index in [-0.39, 0.29) is 5.71 Å². The van der Waals surface area contributed by atoms with Crippen molar-refractivity contribution >= 4 is 17.1 Å². The van der Waals surface area contributed by atoms with E-state index in [0.29, 0.717) is 28.9 Å². The third-order valence-corrected chi connectivity index (χ3v) is 7.38. The van der Waals surface area contributed by atoms with Gasteiger partial charge in [0.2, 0.25) is 0 Å². The molecule has 2 aromatic heterocycles. The van der Waals surface area contributed by atoms with Crippen molar-refractivity contribution in [3.05, 3.63) is 169 Å². The monoisotopic (exact) mass is 580 g/mol. The van der Waals surface area contributed by atoms with Crippen LogP contribution >= 0.6 is 0 Å². The van der Waals surface area contributed by atoms with Crippen LogP contribution in [0.2, 0.25) is 0 Å². The van der Waals surface area contributed by atoms with Crippen LogP contribution in [0.5, 0.6) is 0 Å². The fourth-order valence-corrected chi connectivity index (χ4v) is 5.11. The average molecular weight is 581 g/mol. The molecule has 0 aliphatic carbocycles. The zero-order valence-corrected chi connectivity index (χ0v) is 24.3. The second-order valence-corrected chi connectivity index (χ2v) is 10.4. The predicted molar refractivity (Wildman–Crippen MR) is 181 cm³/mol. The van der Waals surface area contributed by atoms with E-state index in [1.165, 1.54) is 0 Å². The quantitative estimate of drug-likeness (QED) is 0.175. The van der Waals surface area contributed by atoms with E-state index in [0.717, 1.165) is 39.2 Å². The van der Waals surface area contributed by atoms with Crippen molar-refractivity contribution < 1.29 is 0 Å². The molecule has 2 N–H and O–H groups in total. The van der Waals surface area contributed by atoms with Gasteiger partial charge in [0, 0.05) is 28.1 Å². The topological polar surface area (TPSA) is 87.4 Å². The number of anilines is 2. The maximum Gasteiger partial charge on any atom is 0.182 e. The molecule has 2 heterocycles. The van der Waals surface area contributed by atoms with Gasteiger partial charge in [-0.25, -0.2) is 19.9 Å². The first kappa shape index (κ1) is 27.6. The van der Waals surface area contributed by atoms with Crippen LogP contribution in [-0.4, -0.2) is 25.6 Å². The van der Waals surface area contributed by atoms with Gasteiger partial charge in [-0.2, -0.15) is 0 Å². The summed E-state index contributed by atoms with van der Waals surface area (Å²) in [4.78, 5) is 19.4. The highest BCUT2D eigenvalue weighted by atomic mass is 15.0. The van der Waals surface area contributed by atoms with Gasteiger partial charge in [-0.05, 0) is 47.5 Å². The zero-order valence-electron chi connectivity index (χ0n) is 24.3. The van der Waals surface area contributed by atoms with Crippen LogP contribution in [0.1, 0.15) is 11.3 Å². The van der Waals surface area contributed by atoms with E-state index in [9.17, 15) is 5.41 Å². The summed E-state index contributed by atoms with van der Waals surface area (Å²) in [5.74, 6) is 1.57. The van der Waals surface area contributed by atoms with E-state index < -0.39 is 0 Å². The molecule has 0 aliphatic heterocycles. The SMILES string of the molecule is N=C(c1cccc(-c2nc(-c3ccccc3)nc(-c3ccccc3)n2)n1)c1cc(-c2ccccc2)ccc1Nc1ccccc1. The van der Waals surface area contributed by atoms with Crippen LogP contribution in [0.15, 0.2) is 158 Å². The molecule has 45 heavy (non-hydrogen) atoms. The predicted octanol–water partition coefficient (Wildman–Crippen LogP) is 9.09. The molecule has 0 unspecified atom stereocenters. The van der Waals surface area contributed by atoms with Gasteiger partial charge >= 0.3 is 0 Å². The Balaban J connectivity index is 1.32. The Kier molecular flexibility index (Phi) is 7.67. The lowest BCUT2D eigenvalue weighted by Crippen LogP contribution is -2.09. The van der Waals surface area contributed by atoms with Crippen LogP contribution in [0, 0.1) is 5.41 Å². The molecule has 0 atom stereocenters. The number of rotatable bonds is 8. The number of aromatic nitrogens is 4. The summed E-state index contributed by atoms with van der Waals surface area (Å²) in [7, 11) is 0. The van der Waals surface area contributed by atoms with Gasteiger partial charge in [0.25, 0.3) is 0 Å². The van der Waals surface area contributed by atoms with Crippen molar-refractivity contribution in [2.75, 3.05) is 5.32 Å². The zero-order chi connectivity index (χ0) is 30.4. The number of para-hydroxylation sites is 1. The van der Waals surface area contributed by atoms with E-state index in [1.807, 2.05) is 140 Å². The summed E-state index contributed by atoms with van der Waals surface area (Å²) in [6.07, 6.45) is 0. The normalized spacial score (nSPS) is 10.8. The summed E-state index contributed by atoms with van der Waals surface area (Å²) in [5.41, 5.74) is 7.71. The van der Waals surface area contributed by atoms with Crippen LogP contribution < -0.4 is 5.32 Å². The molecule has 6 nitrogen and oxygen atoms in total. The van der Waals surface area contributed by atoms with Crippen molar-refractivity contribution in [2.24, 2.45) is 0 Å². The molecule has 0 aliphatic rings. The Bertz CT molecular complexity index is 2020. The highest BCUT2D eigenvalue weighted by molar-refractivity contribution is 6.14. The standard InChI is InChI=1S/C39H28N6/c40-36(32-26-30(27-14-5-1-6-15-27)24-25-33(32)41-31-20-11-4-12-21-31)34-22-13-23-35(42-34)39-44-37(28-16-7-2-8-17-28)43-38(45-39)29-18-9-3-10-19-29/h1-26,40-41H. The van der Waals surface area contributed by atoms with Crippen molar-refractivity contribution in [1.82, 2.24) is 19.9 Å². The lowest BCUT2D eigenvalue weighted by molar-refractivity contribution is 1.06. The Morgan fingerprint density at radius 1 is 0.444 bits per heavy atom. The fraction of sp³-hybridized carbons (Fsp3) is 0. The minimum Gasteiger partial charge on any atom is -0.355 e. The number of pyridine rings is 1. The highest BCUT2D eigenvalue weighted by Crippen LogP contribution is 2.30. The van der Waals surface area contributed by atoms with E-state index in [2.05, 4.69) is 23.5 Å². The number of benzene rings is 5. The molecule has 214 valence electrons. The van der Waals surface area contributed by atoms with Crippen LogP contribution in [0.3, 0.4) is 0 Å². The van der Waals surface area contributed by atoms with Gasteiger partial charge < -0.3 is 5.32 Å². The molecular weight excluding hydrogens is 552 g/mol. The lowest BCUT2D eigenvalue weighted by atomic mass is 9.97. The maximum atomic E-state index is 9.39. The fourth-order valence-electron chi connectivity index (χ4n) is 5.11. The molecule has 7 rings (SSSR count). The summed E-state index contributed by atoms with van der Waals surface area (Å²) < 4.78 is 0. The molecule has 0 bridgehead atoms. The minimum absolute atomic E-state index is 0.286. The Labute approximate surface area is 261 Å². The molecule has 0 saturated heterocycles. The summed E-state index contributed by atoms with van der Waals surface area (Å²) in [6, 6.07) is 51.6. The van der Waals surface area contributed by atoms with Gasteiger partial charge in [0.15, 0.2) is 17.5 Å². The molecule has 0 spiro atoms. The summed E-state index contributed by atoms with van der Waals surface area (Å²) in [6.45, 7) is 0. The number of hydrogen-bond donors (Lipinski definition) is 2. The number of hydrogen-bond acceptors (Lipinski definition) is 6. The average Bonchev–Trinajstić information content (AvgIpc) is 3.13. The first-order chi connectivity index (χ1) is 22.2. The molecule has 0 amide bonds. The van der Waals surface area contributed by atoms with Gasteiger partial charge in [0.05, 0.1) is 11.4 Å². The van der Waals surface area contributed by atoms with Gasteiger partial charge in [-0.15, -0.1) is 0 Å². The molecule has 7 aromatic rings. The van der Waals surface area contributed by atoms with Crippen LogP contribution in [0.25, 0.3) is 45.4 Å².